The van der Waals surface area contributed by atoms with E-state index in [4.69, 9.17) is 25.6 Å². The highest BCUT2D eigenvalue weighted by Crippen LogP contribution is 2.39. The molecule has 0 atom stereocenters. The van der Waals surface area contributed by atoms with Crippen molar-refractivity contribution in [3.63, 3.8) is 0 Å². The van der Waals surface area contributed by atoms with Crippen LogP contribution in [0.1, 0.15) is 54.0 Å². The van der Waals surface area contributed by atoms with E-state index in [1.807, 2.05) is 72.7 Å². The Labute approximate surface area is 181 Å². The zero-order chi connectivity index (χ0) is 21.3. The first-order valence-electron chi connectivity index (χ1n) is 9.18. The number of hydrogen-bond acceptors (Lipinski definition) is 4. The van der Waals surface area contributed by atoms with E-state index in [9.17, 15) is 4.79 Å². The summed E-state index contributed by atoms with van der Waals surface area (Å²) in [5, 5.41) is 3.36. The fourth-order valence-corrected chi connectivity index (χ4v) is 3.23. The van der Waals surface area contributed by atoms with Gasteiger partial charge in [0.2, 0.25) is 0 Å². The summed E-state index contributed by atoms with van der Waals surface area (Å²) in [5.74, 6) is 0. The molecule has 0 radical (unpaired) electrons. The summed E-state index contributed by atoms with van der Waals surface area (Å²) < 4.78 is 18.5. The average Bonchev–Trinajstić information content (AvgIpc) is 2.71. The minimum atomic E-state index is -0.611. The van der Waals surface area contributed by atoms with E-state index in [0.717, 1.165) is 15.5 Å². The molecule has 0 bridgehead atoms. The number of hydrogen-bond donors (Lipinski definition) is 1. The molecule has 1 fully saturated rings. The minimum absolute atomic E-state index is 0.206. The number of alkyl carbamates (subject to hydrolysis) is 1. The van der Waals surface area contributed by atoms with Crippen molar-refractivity contribution < 1.29 is 18.8 Å². The number of nitrogens with one attached hydrogen (secondary N) is 1. The zero-order valence-corrected chi connectivity index (χ0v) is 19.8. The Morgan fingerprint density at radius 2 is 1.82 bits per heavy atom. The van der Waals surface area contributed by atoms with Gasteiger partial charge in [0.25, 0.3) is 0 Å². The van der Waals surface area contributed by atoms with Crippen LogP contribution in [0, 0.1) is 0 Å². The summed E-state index contributed by atoms with van der Waals surface area (Å²) in [6.45, 7) is 13.6. The van der Waals surface area contributed by atoms with E-state index < -0.39 is 30.0 Å². The lowest BCUT2D eigenvalue weighted by Gasteiger charge is -2.32. The predicted molar refractivity (Wildman–Crippen MR) is 117 cm³/mol. The number of ether oxygens (including phenoxy) is 1. The van der Waals surface area contributed by atoms with Gasteiger partial charge in [-0.25, -0.2) is 4.79 Å². The van der Waals surface area contributed by atoms with Gasteiger partial charge in [0.1, 0.15) is 5.60 Å². The van der Waals surface area contributed by atoms with E-state index in [1.165, 1.54) is 0 Å². The molecule has 5 nitrogen and oxygen atoms in total. The van der Waals surface area contributed by atoms with Crippen LogP contribution in [0.5, 0.6) is 0 Å². The van der Waals surface area contributed by atoms with Crippen LogP contribution in [0.15, 0.2) is 28.1 Å². The number of amides is 1. The van der Waals surface area contributed by atoms with Crippen LogP contribution < -0.4 is 5.32 Å². The summed E-state index contributed by atoms with van der Waals surface area (Å²) in [4.78, 5) is 12.1. The van der Waals surface area contributed by atoms with Gasteiger partial charge in [0, 0.05) is 16.0 Å². The van der Waals surface area contributed by atoms with Crippen LogP contribution >= 0.6 is 27.5 Å². The molecule has 1 N–H and O–H groups in total. The van der Waals surface area contributed by atoms with E-state index in [1.54, 1.807) is 0 Å². The molecule has 0 unspecified atom stereocenters. The second-order valence-electron chi connectivity index (χ2n) is 8.83. The van der Waals surface area contributed by atoms with Crippen molar-refractivity contribution in [2.24, 2.45) is 0 Å². The van der Waals surface area contributed by atoms with Crippen LogP contribution in [0.4, 0.5) is 4.79 Å². The van der Waals surface area contributed by atoms with Crippen molar-refractivity contribution in [3.8, 4) is 0 Å². The molecule has 1 aliphatic rings. The van der Waals surface area contributed by atoms with Crippen molar-refractivity contribution in [2.45, 2.75) is 65.3 Å². The largest absolute Gasteiger partial charge is 0.492 e. The van der Waals surface area contributed by atoms with Gasteiger partial charge in [-0.05, 0) is 71.6 Å². The third-order valence-electron chi connectivity index (χ3n) is 4.70. The Hall–Kier alpha value is -1.02. The normalized spacial score (nSPS) is 18.9. The van der Waals surface area contributed by atoms with Crippen molar-refractivity contribution in [2.75, 3.05) is 6.54 Å². The lowest BCUT2D eigenvalue weighted by molar-refractivity contribution is 0.00578. The molecule has 2 rings (SSSR count). The van der Waals surface area contributed by atoms with Gasteiger partial charge in [0.15, 0.2) is 0 Å². The lowest BCUT2D eigenvalue weighted by atomic mass is 9.77. The van der Waals surface area contributed by atoms with Crippen LogP contribution in [0.2, 0.25) is 5.02 Å². The molecule has 0 aliphatic carbocycles. The number of halogens is 2. The highest BCUT2D eigenvalue weighted by molar-refractivity contribution is 9.10. The smallest absolute Gasteiger partial charge is 0.444 e. The SMILES string of the molecule is CC(C)(C)OC(=O)NCC(=Cc1ccc(Br)cc1Cl)B1OC(C)(C)C(C)(C)O1. The van der Waals surface area contributed by atoms with Crippen molar-refractivity contribution >= 4 is 46.8 Å². The van der Waals surface area contributed by atoms with Crippen LogP contribution in [-0.2, 0) is 14.0 Å². The van der Waals surface area contributed by atoms with Gasteiger partial charge in [-0.1, -0.05) is 39.7 Å². The second kappa shape index (κ2) is 8.38. The molecular weight excluding hydrogens is 444 g/mol. The van der Waals surface area contributed by atoms with Gasteiger partial charge in [-0.3, -0.25) is 0 Å². The Kier molecular flexibility index (Phi) is 6.97. The van der Waals surface area contributed by atoms with Gasteiger partial charge in [-0.2, -0.15) is 0 Å². The molecule has 1 aromatic rings. The van der Waals surface area contributed by atoms with Crippen molar-refractivity contribution in [1.82, 2.24) is 5.32 Å². The number of benzene rings is 1. The second-order valence-corrected chi connectivity index (χ2v) is 10.2. The van der Waals surface area contributed by atoms with E-state index in [0.29, 0.717) is 5.02 Å². The van der Waals surface area contributed by atoms with Crippen LogP contribution in [0.3, 0.4) is 0 Å². The maximum atomic E-state index is 12.1. The third kappa shape index (κ3) is 5.99. The average molecular weight is 473 g/mol. The molecule has 1 saturated heterocycles. The molecule has 154 valence electrons. The molecule has 0 aromatic heterocycles. The predicted octanol–water partition coefficient (Wildman–Crippen LogP) is 5.64. The Bertz CT molecular complexity index is 758. The summed E-state index contributed by atoms with van der Waals surface area (Å²) in [7, 11) is -0.611. The number of carbonyl (C=O) groups is 1. The zero-order valence-electron chi connectivity index (χ0n) is 17.5. The summed E-state index contributed by atoms with van der Waals surface area (Å²) in [6, 6.07) is 5.61. The molecule has 0 spiro atoms. The fourth-order valence-electron chi connectivity index (χ4n) is 2.50. The Balaban J connectivity index is 2.28. The van der Waals surface area contributed by atoms with Gasteiger partial charge in [0.05, 0.1) is 11.2 Å². The highest BCUT2D eigenvalue weighted by Gasteiger charge is 2.52. The molecule has 1 amide bonds. The fraction of sp³-hybridized carbons (Fsp3) is 0.550. The first-order valence-corrected chi connectivity index (χ1v) is 10.4. The molecular formula is C20H28BBrClNO4. The molecule has 28 heavy (non-hydrogen) atoms. The third-order valence-corrected chi connectivity index (χ3v) is 5.52. The van der Waals surface area contributed by atoms with Crippen molar-refractivity contribution in [3.05, 3.63) is 38.7 Å². The Morgan fingerprint density at radius 1 is 1.25 bits per heavy atom. The molecule has 1 aromatic carbocycles. The monoisotopic (exact) mass is 471 g/mol. The quantitative estimate of drug-likeness (QED) is 0.576. The van der Waals surface area contributed by atoms with E-state index >= 15 is 0 Å². The van der Waals surface area contributed by atoms with Gasteiger partial charge < -0.3 is 19.4 Å². The van der Waals surface area contributed by atoms with Crippen LogP contribution in [-0.4, -0.2) is 36.6 Å². The van der Waals surface area contributed by atoms with Crippen LogP contribution in [0.25, 0.3) is 6.08 Å². The Morgan fingerprint density at radius 3 is 2.32 bits per heavy atom. The number of carbonyl (C=O) groups excluding carboxylic acids is 1. The van der Waals surface area contributed by atoms with E-state index in [-0.39, 0.29) is 6.54 Å². The van der Waals surface area contributed by atoms with Gasteiger partial charge in [-0.15, -0.1) is 0 Å². The lowest BCUT2D eigenvalue weighted by Crippen LogP contribution is -2.41. The molecule has 8 heteroatoms. The first kappa shape index (κ1) is 23.3. The molecule has 1 aliphatic heterocycles. The summed E-state index contributed by atoms with van der Waals surface area (Å²) in [6.07, 6.45) is 1.38. The summed E-state index contributed by atoms with van der Waals surface area (Å²) >= 11 is 9.78. The van der Waals surface area contributed by atoms with Gasteiger partial charge >= 0.3 is 13.2 Å². The maximum absolute atomic E-state index is 12.1. The standard InChI is InChI=1S/C20H28BBrClNO4/c1-18(2,3)26-17(25)24-12-14(10-13-8-9-15(22)11-16(13)23)21-27-19(4,5)20(6,7)28-21/h8-11H,12H2,1-7H3,(H,24,25). The molecule has 1 heterocycles. The number of rotatable bonds is 4. The summed E-state index contributed by atoms with van der Waals surface area (Å²) in [5.41, 5.74) is -0.0135. The van der Waals surface area contributed by atoms with E-state index in [2.05, 4.69) is 21.2 Å². The maximum Gasteiger partial charge on any atom is 0.492 e. The topological polar surface area (TPSA) is 56.8 Å². The molecule has 0 saturated carbocycles. The minimum Gasteiger partial charge on any atom is -0.444 e. The highest BCUT2D eigenvalue weighted by atomic mass is 79.9. The first-order chi connectivity index (χ1) is 12.7. The van der Waals surface area contributed by atoms with Crippen molar-refractivity contribution in [1.29, 1.82) is 0 Å².